The fourth-order valence-electron chi connectivity index (χ4n) is 4.11. The van der Waals surface area contributed by atoms with Gasteiger partial charge >= 0.3 is 12.1 Å². The van der Waals surface area contributed by atoms with Gasteiger partial charge in [0.15, 0.2) is 20.7 Å². The lowest BCUT2D eigenvalue weighted by Crippen LogP contribution is -2.34. The first-order chi connectivity index (χ1) is 16.8. The fraction of sp³-hybridized carbons (Fsp3) is 0.364. The number of nitriles is 1. The van der Waals surface area contributed by atoms with Crippen LogP contribution in [0.15, 0.2) is 35.6 Å². The Hall–Kier alpha value is -3.60. The van der Waals surface area contributed by atoms with Crippen molar-refractivity contribution in [1.29, 1.82) is 5.26 Å². The maximum absolute atomic E-state index is 13.9. The van der Waals surface area contributed by atoms with E-state index in [9.17, 15) is 35.6 Å². The summed E-state index contributed by atoms with van der Waals surface area (Å²) >= 11 is 0. The van der Waals surface area contributed by atoms with Crippen molar-refractivity contribution in [1.82, 2.24) is 23.9 Å². The molecule has 36 heavy (non-hydrogen) atoms. The SMILES string of the molecule is CCS(=O)(=O)c1c(-c2nc3cc(C(F)(F)C(F)(F)F)ncc3n2C)nc2cc(C3(C#N)CC3)ccn12. The standard InChI is InChI=1S/C22H17F5N6O2S/c1-3-36(34,35)19-17(31-16-8-12(4-7-33(16)19)20(11-28)5-6-20)18-30-13-9-15(21(23,24)22(25,26)27)29-10-14(13)32(18)2/h4,7-10H,3,5-6H2,1-2H3. The molecule has 0 amide bonds. The summed E-state index contributed by atoms with van der Waals surface area (Å²) in [5.41, 5.74) is -1.50. The van der Waals surface area contributed by atoms with Gasteiger partial charge in [-0.15, -0.1) is 0 Å². The van der Waals surface area contributed by atoms with E-state index in [1.54, 1.807) is 12.1 Å². The lowest BCUT2D eigenvalue weighted by molar-refractivity contribution is -0.290. The topological polar surface area (TPSA) is 106 Å². The highest BCUT2D eigenvalue weighted by Gasteiger charge is 2.60. The quantitative estimate of drug-likeness (QED) is 0.361. The molecular formula is C22H17F5N6O2S. The van der Waals surface area contributed by atoms with E-state index < -0.39 is 33.0 Å². The summed E-state index contributed by atoms with van der Waals surface area (Å²) in [5, 5.41) is 9.31. The van der Waals surface area contributed by atoms with Crippen molar-refractivity contribution < 1.29 is 30.4 Å². The monoisotopic (exact) mass is 524 g/mol. The Morgan fingerprint density at radius 1 is 1.17 bits per heavy atom. The Morgan fingerprint density at radius 3 is 2.44 bits per heavy atom. The van der Waals surface area contributed by atoms with E-state index in [1.165, 1.54) is 29.1 Å². The summed E-state index contributed by atoms with van der Waals surface area (Å²) < 4.78 is 95.0. The van der Waals surface area contributed by atoms with Gasteiger partial charge in [0.2, 0.25) is 0 Å². The molecule has 0 N–H and O–H groups in total. The molecule has 14 heteroatoms. The molecule has 1 fully saturated rings. The summed E-state index contributed by atoms with van der Waals surface area (Å²) in [4.78, 5) is 11.9. The van der Waals surface area contributed by atoms with Gasteiger partial charge in [0, 0.05) is 13.2 Å². The number of rotatable bonds is 5. The number of halogens is 5. The Labute approximate surface area is 200 Å². The molecule has 0 bridgehead atoms. The van der Waals surface area contributed by atoms with Gasteiger partial charge < -0.3 is 4.57 Å². The minimum absolute atomic E-state index is 0.0574. The smallest absolute Gasteiger partial charge is 0.324 e. The molecule has 4 aromatic heterocycles. The van der Waals surface area contributed by atoms with Crippen molar-refractivity contribution in [2.75, 3.05) is 5.75 Å². The van der Waals surface area contributed by atoms with Crippen LogP contribution in [0.3, 0.4) is 0 Å². The van der Waals surface area contributed by atoms with E-state index in [-0.39, 0.29) is 39.0 Å². The summed E-state index contributed by atoms with van der Waals surface area (Å²) in [6.07, 6.45) is -2.21. The number of imidazole rings is 2. The Balaban J connectivity index is 1.75. The largest absolute Gasteiger partial charge is 0.459 e. The fourth-order valence-corrected chi connectivity index (χ4v) is 5.27. The molecule has 0 unspecified atom stereocenters. The van der Waals surface area contributed by atoms with Gasteiger partial charge in [-0.2, -0.15) is 27.2 Å². The minimum atomic E-state index is -5.85. The second-order valence-electron chi connectivity index (χ2n) is 8.63. The first-order valence-electron chi connectivity index (χ1n) is 10.7. The number of pyridine rings is 2. The molecule has 0 spiro atoms. The average Bonchev–Trinajstić information content (AvgIpc) is 3.43. The molecule has 5 rings (SSSR count). The van der Waals surface area contributed by atoms with Gasteiger partial charge in [-0.3, -0.25) is 9.38 Å². The van der Waals surface area contributed by atoms with Crippen molar-refractivity contribution in [2.24, 2.45) is 7.05 Å². The number of hydrogen-bond donors (Lipinski definition) is 0. The normalized spacial score (nSPS) is 15.9. The number of nitrogens with zero attached hydrogens (tertiary/aromatic N) is 6. The lowest BCUT2D eigenvalue weighted by Gasteiger charge is -2.18. The van der Waals surface area contributed by atoms with E-state index in [0.29, 0.717) is 24.5 Å². The van der Waals surface area contributed by atoms with Crippen LogP contribution in [0.25, 0.3) is 28.2 Å². The number of aromatic nitrogens is 5. The van der Waals surface area contributed by atoms with Crippen molar-refractivity contribution >= 4 is 26.5 Å². The van der Waals surface area contributed by atoms with Crippen molar-refractivity contribution in [2.45, 2.75) is 42.3 Å². The molecule has 188 valence electrons. The second-order valence-corrected chi connectivity index (χ2v) is 10.8. The lowest BCUT2D eigenvalue weighted by atomic mass is 9.99. The highest BCUT2D eigenvalue weighted by Crippen LogP contribution is 2.48. The van der Waals surface area contributed by atoms with Crippen LogP contribution in [0.4, 0.5) is 22.0 Å². The molecule has 8 nitrogen and oxygen atoms in total. The van der Waals surface area contributed by atoms with Gasteiger partial charge in [0.05, 0.1) is 34.5 Å². The summed E-state index contributed by atoms with van der Waals surface area (Å²) in [6, 6.07) is 6.05. The number of alkyl halides is 5. The van der Waals surface area contributed by atoms with E-state index in [1.807, 2.05) is 0 Å². The van der Waals surface area contributed by atoms with Crippen LogP contribution in [0.2, 0.25) is 0 Å². The molecule has 4 aromatic rings. The van der Waals surface area contributed by atoms with Crippen LogP contribution in [0.1, 0.15) is 31.0 Å². The molecular weight excluding hydrogens is 507 g/mol. The van der Waals surface area contributed by atoms with Crippen LogP contribution < -0.4 is 0 Å². The highest BCUT2D eigenvalue weighted by molar-refractivity contribution is 7.91. The van der Waals surface area contributed by atoms with E-state index in [2.05, 4.69) is 21.0 Å². The Bertz CT molecular complexity index is 1690. The zero-order chi connectivity index (χ0) is 26.3. The van der Waals surface area contributed by atoms with Gasteiger partial charge in [-0.25, -0.2) is 18.4 Å². The number of hydrogen-bond acceptors (Lipinski definition) is 6. The molecule has 0 saturated heterocycles. The zero-order valence-electron chi connectivity index (χ0n) is 18.8. The van der Waals surface area contributed by atoms with E-state index in [4.69, 9.17) is 0 Å². The van der Waals surface area contributed by atoms with Crippen molar-refractivity contribution in [3.8, 4) is 17.6 Å². The van der Waals surface area contributed by atoms with Gasteiger partial charge in [0.1, 0.15) is 17.0 Å². The second kappa shape index (κ2) is 7.45. The first-order valence-corrected chi connectivity index (χ1v) is 12.4. The minimum Gasteiger partial charge on any atom is -0.324 e. The Kier molecular flexibility index (Phi) is 4.99. The van der Waals surface area contributed by atoms with Crippen LogP contribution in [-0.2, 0) is 28.2 Å². The third kappa shape index (κ3) is 3.36. The number of aryl methyl sites for hydroxylation is 1. The van der Waals surface area contributed by atoms with E-state index >= 15 is 0 Å². The van der Waals surface area contributed by atoms with Crippen LogP contribution >= 0.6 is 0 Å². The predicted octanol–water partition coefficient (Wildman–Crippen LogP) is 4.29. The summed E-state index contributed by atoms with van der Waals surface area (Å²) in [6.45, 7) is 1.44. The van der Waals surface area contributed by atoms with Crippen LogP contribution in [0.5, 0.6) is 0 Å². The zero-order valence-corrected chi connectivity index (χ0v) is 19.6. The van der Waals surface area contributed by atoms with Crippen LogP contribution in [0, 0.1) is 11.3 Å². The van der Waals surface area contributed by atoms with E-state index in [0.717, 1.165) is 6.20 Å². The van der Waals surface area contributed by atoms with Crippen molar-refractivity contribution in [3.63, 3.8) is 0 Å². The molecule has 1 aliphatic carbocycles. The molecule has 0 atom stereocenters. The first kappa shape index (κ1) is 24.1. The molecule has 0 aliphatic heterocycles. The number of sulfone groups is 1. The molecule has 0 aromatic carbocycles. The average molecular weight is 524 g/mol. The maximum atomic E-state index is 13.9. The maximum Gasteiger partial charge on any atom is 0.459 e. The van der Waals surface area contributed by atoms with Crippen LogP contribution in [-0.4, -0.2) is 44.3 Å². The molecule has 1 aliphatic rings. The summed E-state index contributed by atoms with van der Waals surface area (Å²) in [7, 11) is -2.46. The third-order valence-corrected chi connectivity index (χ3v) is 8.17. The van der Waals surface area contributed by atoms with Gasteiger partial charge in [-0.05, 0) is 36.6 Å². The van der Waals surface area contributed by atoms with Gasteiger partial charge in [-0.1, -0.05) is 6.92 Å². The van der Waals surface area contributed by atoms with Crippen molar-refractivity contribution in [3.05, 3.63) is 41.9 Å². The highest BCUT2D eigenvalue weighted by atomic mass is 32.2. The van der Waals surface area contributed by atoms with Gasteiger partial charge in [0.25, 0.3) is 0 Å². The third-order valence-electron chi connectivity index (χ3n) is 6.43. The molecule has 4 heterocycles. The molecule has 1 saturated carbocycles. The predicted molar refractivity (Wildman–Crippen MR) is 117 cm³/mol. The number of fused-ring (bicyclic) bond motifs is 2. The molecule has 0 radical (unpaired) electrons. The Morgan fingerprint density at radius 2 is 1.86 bits per heavy atom. The summed E-state index contributed by atoms with van der Waals surface area (Å²) in [5.74, 6) is -5.54.